The number of aromatic nitrogens is 1. The van der Waals surface area contributed by atoms with Gasteiger partial charge in [0, 0.05) is 24.1 Å². The zero-order chi connectivity index (χ0) is 22.2. The minimum atomic E-state index is -4.26. The summed E-state index contributed by atoms with van der Waals surface area (Å²) in [5.74, 6) is -1.65. The molecule has 1 aromatic heterocycles. The van der Waals surface area contributed by atoms with Gasteiger partial charge in [-0.3, -0.25) is 19.9 Å². The summed E-state index contributed by atoms with van der Waals surface area (Å²) in [4.78, 5) is 27.8. The number of nitro groups is 1. The number of hydrogen-bond acceptors (Lipinski definition) is 7. The van der Waals surface area contributed by atoms with Gasteiger partial charge >= 0.3 is 12.5 Å². The van der Waals surface area contributed by atoms with Gasteiger partial charge in [-0.1, -0.05) is 12.1 Å². The Bertz CT molecular complexity index is 1100. The molecule has 1 aromatic carbocycles. The first kappa shape index (κ1) is 21.0. The Kier molecular flexibility index (Phi) is 5.35. The van der Waals surface area contributed by atoms with Gasteiger partial charge in [0.1, 0.15) is 5.69 Å². The van der Waals surface area contributed by atoms with E-state index >= 15 is 0 Å². The van der Waals surface area contributed by atoms with Gasteiger partial charge in [-0.2, -0.15) is 18.4 Å². The molecule has 3 rings (SSSR count). The Hall–Kier alpha value is -3.68. The molecule has 0 radical (unpaired) electrons. The summed E-state index contributed by atoms with van der Waals surface area (Å²) in [6.07, 6.45) is -7.81. The molecule has 2 heterocycles. The SMILES string of the molecule is Cc1nc(C)c([N+](=O)[O-])c(-c2cccc3c2OC(F)C(F)(F)O3)c1C(=O)CCC#N. The molecule has 0 aliphatic carbocycles. The number of carbonyl (C=O) groups excluding carboxylic acids is 1. The van der Waals surface area contributed by atoms with E-state index in [9.17, 15) is 28.1 Å². The lowest BCUT2D eigenvalue weighted by atomic mass is 9.91. The second kappa shape index (κ2) is 7.62. The summed E-state index contributed by atoms with van der Waals surface area (Å²) in [6.45, 7) is 2.79. The van der Waals surface area contributed by atoms with Crippen molar-refractivity contribution in [2.75, 3.05) is 0 Å². The average molecular weight is 421 g/mol. The quantitative estimate of drug-likeness (QED) is 0.399. The Balaban J connectivity index is 2.35. The number of halogens is 3. The number of ether oxygens (including phenoxy) is 2. The molecule has 0 saturated carbocycles. The number of alkyl halides is 3. The highest BCUT2D eigenvalue weighted by Crippen LogP contribution is 2.49. The number of Topliss-reactive ketones (excluding diaryl/α,β-unsaturated/α-hetero) is 1. The normalized spacial score (nSPS) is 16.6. The van der Waals surface area contributed by atoms with Crippen LogP contribution >= 0.6 is 0 Å². The predicted molar refractivity (Wildman–Crippen MR) is 96.1 cm³/mol. The zero-order valence-corrected chi connectivity index (χ0v) is 15.7. The van der Waals surface area contributed by atoms with Crippen LogP contribution in [0.3, 0.4) is 0 Å². The number of para-hydroxylation sites is 1. The molecule has 30 heavy (non-hydrogen) atoms. The number of aryl methyl sites for hydroxylation is 2. The number of benzene rings is 1. The maximum atomic E-state index is 13.8. The Morgan fingerprint density at radius 1 is 1.37 bits per heavy atom. The first-order chi connectivity index (χ1) is 14.1. The molecule has 2 aromatic rings. The van der Waals surface area contributed by atoms with E-state index in [4.69, 9.17) is 10.00 Å². The van der Waals surface area contributed by atoms with Crippen molar-refractivity contribution in [1.82, 2.24) is 4.98 Å². The van der Waals surface area contributed by atoms with Gasteiger partial charge < -0.3 is 9.47 Å². The number of nitriles is 1. The molecule has 1 aliphatic rings. The van der Waals surface area contributed by atoms with E-state index in [0.717, 1.165) is 6.07 Å². The fourth-order valence-corrected chi connectivity index (χ4v) is 3.24. The lowest BCUT2D eigenvalue weighted by Gasteiger charge is -2.30. The minimum absolute atomic E-state index is 0.0409. The average Bonchev–Trinajstić information content (AvgIpc) is 2.65. The van der Waals surface area contributed by atoms with Crippen molar-refractivity contribution in [2.45, 2.75) is 39.2 Å². The van der Waals surface area contributed by atoms with Gasteiger partial charge in [0.05, 0.1) is 22.1 Å². The van der Waals surface area contributed by atoms with Crippen molar-refractivity contribution in [3.8, 4) is 28.7 Å². The monoisotopic (exact) mass is 421 g/mol. The van der Waals surface area contributed by atoms with Crippen molar-refractivity contribution in [1.29, 1.82) is 5.26 Å². The fraction of sp³-hybridized carbons (Fsp3) is 0.316. The van der Waals surface area contributed by atoms with Gasteiger partial charge in [-0.05, 0) is 19.9 Å². The van der Waals surface area contributed by atoms with Gasteiger partial charge in [0.15, 0.2) is 17.3 Å². The molecule has 1 unspecified atom stereocenters. The molecular weight excluding hydrogens is 407 g/mol. The largest absolute Gasteiger partial charge is 0.468 e. The van der Waals surface area contributed by atoms with Crippen molar-refractivity contribution in [3.63, 3.8) is 0 Å². The van der Waals surface area contributed by atoms with E-state index in [2.05, 4.69) is 9.72 Å². The van der Waals surface area contributed by atoms with Crippen LogP contribution in [0.4, 0.5) is 18.9 Å². The summed E-state index contributed by atoms with van der Waals surface area (Å²) in [5, 5.41) is 20.6. The molecule has 1 aliphatic heterocycles. The third-order valence-corrected chi connectivity index (χ3v) is 4.43. The van der Waals surface area contributed by atoms with Crippen LogP contribution in [0.5, 0.6) is 11.5 Å². The van der Waals surface area contributed by atoms with Crippen molar-refractivity contribution < 1.29 is 32.4 Å². The summed E-state index contributed by atoms with van der Waals surface area (Å²) in [7, 11) is 0. The van der Waals surface area contributed by atoms with Gasteiger partial charge in [-0.15, -0.1) is 0 Å². The number of rotatable bonds is 5. The molecule has 0 fully saturated rings. The summed E-state index contributed by atoms with van der Waals surface area (Å²) < 4.78 is 50.1. The second-order valence-corrected chi connectivity index (χ2v) is 6.45. The molecular formula is C19H14F3N3O5. The van der Waals surface area contributed by atoms with E-state index in [0.29, 0.717) is 0 Å². The van der Waals surface area contributed by atoms with Crippen molar-refractivity contribution in [3.05, 3.63) is 45.3 Å². The van der Waals surface area contributed by atoms with Crippen LogP contribution in [-0.4, -0.2) is 28.2 Å². The van der Waals surface area contributed by atoms with Crippen LogP contribution < -0.4 is 9.47 Å². The minimum Gasteiger partial charge on any atom is -0.447 e. The summed E-state index contributed by atoms with van der Waals surface area (Å²) >= 11 is 0. The van der Waals surface area contributed by atoms with Crippen molar-refractivity contribution >= 4 is 11.5 Å². The van der Waals surface area contributed by atoms with E-state index in [1.807, 2.05) is 6.07 Å². The van der Waals surface area contributed by atoms with Crippen LogP contribution in [0.1, 0.15) is 34.6 Å². The zero-order valence-electron chi connectivity index (χ0n) is 15.7. The van der Waals surface area contributed by atoms with Crippen molar-refractivity contribution in [2.24, 2.45) is 0 Å². The first-order valence-corrected chi connectivity index (χ1v) is 8.65. The number of fused-ring (bicyclic) bond motifs is 1. The summed E-state index contributed by atoms with van der Waals surface area (Å²) in [6, 6.07) is 5.41. The molecule has 156 valence electrons. The van der Waals surface area contributed by atoms with E-state index in [1.54, 1.807) is 0 Å². The highest BCUT2D eigenvalue weighted by molar-refractivity contribution is 6.06. The van der Waals surface area contributed by atoms with Crippen LogP contribution in [0.25, 0.3) is 11.1 Å². The predicted octanol–water partition coefficient (Wildman–Crippen LogP) is 4.42. The molecule has 0 saturated heterocycles. The Labute approximate surface area is 168 Å². The fourth-order valence-electron chi connectivity index (χ4n) is 3.24. The standard InChI is InChI=1S/C19H14F3N3O5/c1-9-14(12(26)6-4-8-23)15(16(25(27)28)10(2)24-9)11-5-3-7-13-17(11)29-18(20)19(21,22)30-13/h3,5,7,18H,4,6H2,1-2H3. The van der Waals surface area contributed by atoms with Gasteiger partial charge in [-0.25, -0.2) is 0 Å². The summed E-state index contributed by atoms with van der Waals surface area (Å²) in [5.41, 5.74) is -1.08. The molecule has 11 heteroatoms. The lowest BCUT2D eigenvalue weighted by molar-refractivity contribution is -0.385. The number of carbonyl (C=O) groups is 1. The molecule has 0 spiro atoms. The van der Waals surface area contributed by atoms with Gasteiger partial charge in [0.2, 0.25) is 0 Å². The lowest BCUT2D eigenvalue weighted by Crippen LogP contribution is -2.43. The molecule has 0 N–H and O–H groups in total. The van der Waals surface area contributed by atoms with Gasteiger partial charge in [0.25, 0.3) is 5.69 Å². The van der Waals surface area contributed by atoms with Crippen LogP contribution in [0, 0.1) is 35.3 Å². The van der Waals surface area contributed by atoms with E-state index in [1.165, 1.54) is 26.0 Å². The number of ketones is 1. The van der Waals surface area contributed by atoms with E-state index < -0.39 is 40.4 Å². The smallest absolute Gasteiger partial charge is 0.447 e. The third kappa shape index (κ3) is 3.52. The topological polar surface area (TPSA) is 115 Å². The van der Waals surface area contributed by atoms with E-state index in [-0.39, 0.29) is 40.9 Å². The molecule has 8 nitrogen and oxygen atoms in total. The molecule has 0 amide bonds. The van der Waals surface area contributed by atoms with Crippen LogP contribution in [-0.2, 0) is 0 Å². The number of nitrogens with zero attached hydrogens (tertiary/aromatic N) is 3. The molecule has 0 bridgehead atoms. The van der Waals surface area contributed by atoms with Crippen LogP contribution in [0.2, 0.25) is 0 Å². The maximum absolute atomic E-state index is 13.8. The maximum Gasteiger partial charge on any atom is 0.468 e. The Morgan fingerprint density at radius 2 is 2.07 bits per heavy atom. The molecule has 1 atom stereocenters. The Morgan fingerprint density at radius 3 is 2.70 bits per heavy atom. The highest BCUT2D eigenvalue weighted by atomic mass is 19.3. The highest BCUT2D eigenvalue weighted by Gasteiger charge is 2.50. The first-order valence-electron chi connectivity index (χ1n) is 8.65. The van der Waals surface area contributed by atoms with Crippen LogP contribution in [0.15, 0.2) is 18.2 Å². The number of hydrogen-bond donors (Lipinski definition) is 0. The second-order valence-electron chi connectivity index (χ2n) is 6.45. The third-order valence-electron chi connectivity index (χ3n) is 4.43. The number of pyridine rings is 1.